The number of hydrogen-bond donors (Lipinski definition) is 1. The van der Waals surface area contributed by atoms with E-state index in [4.69, 9.17) is 0 Å². The summed E-state index contributed by atoms with van der Waals surface area (Å²) in [7, 11) is 0. The molecule has 0 radical (unpaired) electrons. The lowest BCUT2D eigenvalue weighted by Gasteiger charge is -2.13. The number of aromatic nitrogens is 2. The molecule has 26 heavy (non-hydrogen) atoms. The number of amides is 1. The molecule has 0 aliphatic carbocycles. The molecule has 0 unspecified atom stereocenters. The average Bonchev–Trinajstić information content (AvgIpc) is 3.04. The lowest BCUT2D eigenvalue weighted by atomic mass is 10.1. The first-order chi connectivity index (χ1) is 12.6. The second kappa shape index (κ2) is 6.40. The van der Waals surface area contributed by atoms with E-state index in [2.05, 4.69) is 15.1 Å². The number of rotatable bonds is 3. The quantitative estimate of drug-likeness (QED) is 0.791. The molecule has 2 heterocycles. The minimum Gasteiger partial charge on any atom is -0.507 e. The Labute approximate surface area is 150 Å². The minimum absolute atomic E-state index is 0.0882. The van der Waals surface area contributed by atoms with Crippen LogP contribution < -0.4 is 5.01 Å². The Morgan fingerprint density at radius 3 is 2.50 bits per heavy atom. The number of anilines is 1. The molecule has 0 bridgehead atoms. The maximum absolute atomic E-state index is 12.5. The SMILES string of the molecule is Cc1cc(N2N=C(c3ccccc3)CC2=O)nc(-c2ccccc2O)n1. The van der Waals surface area contributed by atoms with Crippen molar-refractivity contribution in [3.05, 3.63) is 71.9 Å². The Kier molecular flexibility index (Phi) is 3.93. The lowest BCUT2D eigenvalue weighted by Crippen LogP contribution is -2.21. The van der Waals surface area contributed by atoms with Crippen LogP contribution in [0.1, 0.15) is 17.7 Å². The fraction of sp³-hybridized carbons (Fsp3) is 0.100. The third-order valence-electron chi connectivity index (χ3n) is 4.09. The average molecular weight is 344 g/mol. The van der Waals surface area contributed by atoms with Crippen LogP contribution in [0, 0.1) is 6.92 Å². The molecule has 6 nitrogen and oxygen atoms in total. The van der Waals surface area contributed by atoms with Gasteiger partial charge < -0.3 is 5.11 Å². The van der Waals surface area contributed by atoms with E-state index in [0.717, 1.165) is 5.56 Å². The number of carbonyl (C=O) groups excluding carboxylic acids is 1. The van der Waals surface area contributed by atoms with Crippen LogP contribution in [0.25, 0.3) is 11.4 Å². The number of benzene rings is 2. The molecular weight excluding hydrogens is 328 g/mol. The van der Waals surface area contributed by atoms with Crippen LogP contribution >= 0.6 is 0 Å². The predicted molar refractivity (Wildman–Crippen MR) is 99.0 cm³/mol. The summed E-state index contributed by atoms with van der Waals surface area (Å²) < 4.78 is 0. The van der Waals surface area contributed by atoms with Gasteiger partial charge in [0.15, 0.2) is 11.6 Å². The number of phenols is 1. The maximum Gasteiger partial charge on any atom is 0.254 e. The van der Waals surface area contributed by atoms with E-state index >= 15 is 0 Å². The molecular formula is C20H16N4O2. The number of nitrogens with zero attached hydrogens (tertiary/aromatic N) is 4. The highest BCUT2D eigenvalue weighted by molar-refractivity contribution is 6.19. The number of para-hydroxylation sites is 1. The molecule has 2 aromatic carbocycles. The van der Waals surface area contributed by atoms with Crippen molar-refractivity contribution in [2.75, 3.05) is 5.01 Å². The van der Waals surface area contributed by atoms with Gasteiger partial charge in [0.25, 0.3) is 5.91 Å². The number of hydrazone groups is 1. The summed E-state index contributed by atoms with van der Waals surface area (Å²) in [5, 5.41) is 15.8. The third-order valence-corrected chi connectivity index (χ3v) is 4.09. The van der Waals surface area contributed by atoms with Crippen LogP contribution in [0.4, 0.5) is 5.82 Å². The largest absolute Gasteiger partial charge is 0.507 e. The zero-order valence-electron chi connectivity index (χ0n) is 14.1. The van der Waals surface area contributed by atoms with Gasteiger partial charge in [-0.25, -0.2) is 9.97 Å². The third kappa shape index (κ3) is 2.93. The van der Waals surface area contributed by atoms with Gasteiger partial charge in [-0.3, -0.25) is 4.79 Å². The van der Waals surface area contributed by atoms with Crippen LogP contribution in [0.2, 0.25) is 0 Å². The van der Waals surface area contributed by atoms with Gasteiger partial charge in [-0.15, -0.1) is 0 Å². The van der Waals surface area contributed by atoms with Gasteiger partial charge in [-0.1, -0.05) is 42.5 Å². The molecule has 1 aliphatic rings. The molecule has 1 aliphatic heterocycles. The molecule has 1 N–H and O–H groups in total. The topological polar surface area (TPSA) is 78.7 Å². The summed E-state index contributed by atoms with van der Waals surface area (Å²) in [4.78, 5) is 21.3. The molecule has 0 saturated heterocycles. The maximum atomic E-state index is 12.5. The van der Waals surface area contributed by atoms with Crippen molar-refractivity contribution in [1.82, 2.24) is 9.97 Å². The van der Waals surface area contributed by atoms with Crippen LogP contribution in [0.3, 0.4) is 0 Å². The molecule has 128 valence electrons. The molecule has 0 spiro atoms. The summed E-state index contributed by atoms with van der Waals surface area (Å²) in [6, 6.07) is 18.1. The molecule has 1 aromatic heterocycles. The van der Waals surface area contributed by atoms with E-state index in [-0.39, 0.29) is 18.1 Å². The molecule has 0 fully saturated rings. The summed E-state index contributed by atoms with van der Waals surface area (Å²) in [6.45, 7) is 1.82. The smallest absolute Gasteiger partial charge is 0.254 e. The van der Waals surface area contributed by atoms with Gasteiger partial charge in [0, 0.05) is 11.8 Å². The van der Waals surface area contributed by atoms with Gasteiger partial charge in [0.1, 0.15) is 5.75 Å². The number of phenolic OH excluding ortho intramolecular Hbond substituents is 1. The molecule has 1 amide bonds. The van der Waals surface area contributed by atoms with Crippen LogP contribution in [0.15, 0.2) is 65.8 Å². The lowest BCUT2D eigenvalue weighted by molar-refractivity contribution is -0.116. The highest BCUT2D eigenvalue weighted by Crippen LogP contribution is 2.29. The van der Waals surface area contributed by atoms with Crippen LogP contribution in [0.5, 0.6) is 5.75 Å². The summed E-state index contributed by atoms with van der Waals surface area (Å²) in [6.07, 6.45) is 0.221. The fourth-order valence-electron chi connectivity index (χ4n) is 2.84. The number of aryl methyl sites for hydroxylation is 1. The van der Waals surface area contributed by atoms with Crippen molar-refractivity contribution >= 4 is 17.4 Å². The van der Waals surface area contributed by atoms with Crippen molar-refractivity contribution in [1.29, 1.82) is 0 Å². The normalized spacial score (nSPS) is 13.8. The van der Waals surface area contributed by atoms with Crippen molar-refractivity contribution < 1.29 is 9.90 Å². The molecule has 0 atom stereocenters. The Morgan fingerprint density at radius 2 is 1.73 bits per heavy atom. The Balaban J connectivity index is 1.75. The van der Waals surface area contributed by atoms with Gasteiger partial charge >= 0.3 is 0 Å². The second-order valence-electron chi connectivity index (χ2n) is 6.00. The van der Waals surface area contributed by atoms with E-state index in [1.807, 2.05) is 37.3 Å². The van der Waals surface area contributed by atoms with Crippen molar-refractivity contribution in [2.45, 2.75) is 13.3 Å². The molecule has 3 aromatic rings. The van der Waals surface area contributed by atoms with Crippen molar-refractivity contribution in [3.8, 4) is 17.1 Å². The molecule has 6 heteroatoms. The summed E-state index contributed by atoms with van der Waals surface area (Å²) in [5.41, 5.74) is 2.81. The van der Waals surface area contributed by atoms with Gasteiger partial charge in [-0.2, -0.15) is 10.1 Å². The summed E-state index contributed by atoms with van der Waals surface area (Å²) >= 11 is 0. The molecule has 4 rings (SSSR count). The number of aromatic hydroxyl groups is 1. The Morgan fingerprint density at radius 1 is 1.00 bits per heavy atom. The molecule has 0 saturated carbocycles. The van der Waals surface area contributed by atoms with Gasteiger partial charge in [-0.05, 0) is 24.6 Å². The predicted octanol–water partition coefficient (Wildman–Crippen LogP) is 3.30. The first-order valence-electron chi connectivity index (χ1n) is 8.22. The highest BCUT2D eigenvalue weighted by atomic mass is 16.3. The number of carbonyl (C=O) groups is 1. The highest BCUT2D eigenvalue weighted by Gasteiger charge is 2.27. The fourth-order valence-corrected chi connectivity index (χ4v) is 2.84. The second-order valence-corrected chi connectivity index (χ2v) is 6.00. The van der Waals surface area contributed by atoms with E-state index in [0.29, 0.717) is 28.6 Å². The van der Waals surface area contributed by atoms with E-state index in [1.165, 1.54) is 5.01 Å². The first-order valence-corrected chi connectivity index (χ1v) is 8.22. The van der Waals surface area contributed by atoms with Crippen molar-refractivity contribution in [2.24, 2.45) is 5.10 Å². The van der Waals surface area contributed by atoms with Crippen LogP contribution in [-0.2, 0) is 4.79 Å². The van der Waals surface area contributed by atoms with Crippen LogP contribution in [-0.4, -0.2) is 26.7 Å². The summed E-state index contributed by atoms with van der Waals surface area (Å²) in [5.74, 6) is 0.691. The Hall–Kier alpha value is -3.54. The van der Waals surface area contributed by atoms with Crippen molar-refractivity contribution in [3.63, 3.8) is 0 Å². The van der Waals surface area contributed by atoms with Gasteiger partial charge in [0.05, 0.1) is 17.7 Å². The monoisotopic (exact) mass is 344 g/mol. The zero-order chi connectivity index (χ0) is 18.1. The standard InChI is InChI=1S/C20H16N4O2/c1-13-11-18(22-20(21-13)15-9-5-6-10-17(15)25)24-19(26)12-16(23-24)14-7-3-2-4-8-14/h2-11,25H,12H2,1H3. The van der Waals surface area contributed by atoms with E-state index < -0.39 is 0 Å². The first kappa shape index (κ1) is 16.0. The minimum atomic E-state index is -0.148. The zero-order valence-corrected chi connectivity index (χ0v) is 14.1. The van der Waals surface area contributed by atoms with E-state index in [9.17, 15) is 9.90 Å². The Bertz CT molecular complexity index is 1020. The van der Waals surface area contributed by atoms with Gasteiger partial charge in [0.2, 0.25) is 0 Å². The number of hydrogen-bond acceptors (Lipinski definition) is 5. The van der Waals surface area contributed by atoms with E-state index in [1.54, 1.807) is 30.3 Å².